The van der Waals surface area contributed by atoms with Gasteiger partial charge in [0.1, 0.15) is 11.4 Å². The second-order valence-electron chi connectivity index (χ2n) is 4.25. The summed E-state index contributed by atoms with van der Waals surface area (Å²) in [6.45, 7) is 0.650. The SMILES string of the molecule is O=C(O)c1cccc(-c2cc(Br)cc3c2OCC3)n1. The number of carboxylic acids is 1. The highest BCUT2D eigenvalue weighted by Crippen LogP contribution is 2.38. The van der Waals surface area contributed by atoms with E-state index in [1.807, 2.05) is 12.1 Å². The van der Waals surface area contributed by atoms with Crippen molar-refractivity contribution in [3.63, 3.8) is 0 Å². The van der Waals surface area contributed by atoms with Gasteiger partial charge in [0.25, 0.3) is 0 Å². The van der Waals surface area contributed by atoms with E-state index in [1.54, 1.807) is 12.1 Å². The van der Waals surface area contributed by atoms with Crippen molar-refractivity contribution < 1.29 is 14.6 Å². The predicted molar refractivity (Wildman–Crippen MR) is 73.5 cm³/mol. The second kappa shape index (κ2) is 4.66. The number of hydrogen-bond acceptors (Lipinski definition) is 3. The number of benzene rings is 1. The number of ether oxygens (including phenoxy) is 1. The lowest BCUT2D eigenvalue weighted by Crippen LogP contribution is -2.01. The van der Waals surface area contributed by atoms with Crippen molar-refractivity contribution in [1.29, 1.82) is 0 Å². The van der Waals surface area contributed by atoms with Crippen molar-refractivity contribution in [3.05, 3.63) is 46.1 Å². The van der Waals surface area contributed by atoms with Gasteiger partial charge in [0, 0.05) is 16.5 Å². The summed E-state index contributed by atoms with van der Waals surface area (Å²) in [6.07, 6.45) is 0.862. The van der Waals surface area contributed by atoms with E-state index in [0.717, 1.165) is 27.8 Å². The Morgan fingerprint density at radius 2 is 2.21 bits per heavy atom. The summed E-state index contributed by atoms with van der Waals surface area (Å²) < 4.78 is 6.57. The normalized spacial score (nSPS) is 12.9. The van der Waals surface area contributed by atoms with E-state index in [0.29, 0.717) is 12.3 Å². The molecule has 1 N–H and O–H groups in total. The van der Waals surface area contributed by atoms with Crippen molar-refractivity contribution in [3.8, 4) is 17.0 Å². The molecule has 0 atom stereocenters. The third kappa shape index (κ3) is 2.21. The summed E-state index contributed by atoms with van der Waals surface area (Å²) in [5, 5.41) is 9.00. The Kier molecular flexibility index (Phi) is 2.98. The molecular weight excluding hydrogens is 310 g/mol. The molecule has 3 rings (SSSR count). The molecule has 0 unspecified atom stereocenters. The first kappa shape index (κ1) is 12.2. The van der Waals surface area contributed by atoms with E-state index in [-0.39, 0.29) is 5.69 Å². The van der Waals surface area contributed by atoms with Gasteiger partial charge in [-0.3, -0.25) is 0 Å². The van der Waals surface area contributed by atoms with Gasteiger partial charge in [0.05, 0.1) is 12.3 Å². The summed E-state index contributed by atoms with van der Waals surface area (Å²) in [4.78, 5) is 15.1. The zero-order valence-electron chi connectivity index (χ0n) is 9.89. The van der Waals surface area contributed by atoms with E-state index in [2.05, 4.69) is 20.9 Å². The Labute approximate surface area is 118 Å². The van der Waals surface area contributed by atoms with Crippen LogP contribution in [0.1, 0.15) is 16.1 Å². The molecule has 0 fully saturated rings. The molecule has 0 radical (unpaired) electrons. The summed E-state index contributed by atoms with van der Waals surface area (Å²) in [7, 11) is 0. The molecule has 5 heteroatoms. The molecule has 0 bridgehead atoms. The lowest BCUT2D eigenvalue weighted by molar-refractivity contribution is 0.0690. The quantitative estimate of drug-likeness (QED) is 0.923. The van der Waals surface area contributed by atoms with E-state index < -0.39 is 5.97 Å². The van der Waals surface area contributed by atoms with Gasteiger partial charge in [0.2, 0.25) is 0 Å². The topological polar surface area (TPSA) is 59.4 Å². The maximum absolute atomic E-state index is 11.0. The number of aromatic carboxylic acids is 1. The number of fused-ring (bicyclic) bond motifs is 1. The fourth-order valence-corrected chi connectivity index (χ4v) is 2.67. The second-order valence-corrected chi connectivity index (χ2v) is 5.17. The minimum atomic E-state index is -1.03. The highest BCUT2D eigenvalue weighted by atomic mass is 79.9. The van der Waals surface area contributed by atoms with Crippen LogP contribution in [0.4, 0.5) is 0 Å². The van der Waals surface area contributed by atoms with Gasteiger partial charge in [-0.2, -0.15) is 0 Å². The van der Waals surface area contributed by atoms with Gasteiger partial charge in [-0.15, -0.1) is 0 Å². The molecule has 4 nitrogen and oxygen atoms in total. The van der Waals surface area contributed by atoms with Gasteiger partial charge in [-0.05, 0) is 29.8 Å². The van der Waals surface area contributed by atoms with Crippen molar-refractivity contribution >= 4 is 21.9 Å². The van der Waals surface area contributed by atoms with Gasteiger partial charge in [0.15, 0.2) is 0 Å². The van der Waals surface area contributed by atoms with Crippen LogP contribution < -0.4 is 4.74 Å². The molecule has 1 aromatic carbocycles. The first-order chi connectivity index (χ1) is 9.15. The number of pyridine rings is 1. The van der Waals surface area contributed by atoms with Crippen LogP contribution in [0.3, 0.4) is 0 Å². The molecule has 0 amide bonds. The number of rotatable bonds is 2. The summed E-state index contributed by atoms with van der Waals surface area (Å²) in [5.74, 6) is -0.229. The van der Waals surface area contributed by atoms with E-state index in [4.69, 9.17) is 9.84 Å². The van der Waals surface area contributed by atoms with Crippen LogP contribution in [0.2, 0.25) is 0 Å². The maximum Gasteiger partial charge on any atom is 0.354 e. The number of carbonyl (C=O) groups is 1. The third-order valence-electron chi connectivity index (χ3n) is 2.99. The average molecular weight is 320 g/mol. The molecule has 0 spiro atoms. The zero-order chi connectivity index (χ0) is 13.4. The molecule has 19 heavy (non-hydrogen) atoms. The van der Waals surface area contributed by atoms with Crippen molar-refractivity contribution in [2.24, 2.45) is 0 Å². The Hall–Kier alpha value is -1.88. The Balaban J connectivity index is 2.17. The fraction of sp³-hybridized carbons (Fsp3) is 0.143. The summed E-state index contributed by atoms with van der Waals surface area (Å²) in [5.41, 5.74) is 2.58. The van der Waals surface area contributed by atoms with Crippen LogP contribution in [-0.4, -0.2) is 22.7 Å². The number of hydrogen-bond donors (Lipinski definition) is 1. The van der Waals surface area contributed by atoms with Crippen molar-refractivity contribution in [2.75, 3.05) is 6.61 Å². The molecule has 2 aromatic rings. The smallest absolute Gasteiger partial charge is 0.354 e. The number of nitrogens with zero attached hydrogens (tertiary/aromatic N) is 1. The number of halogens is 1. The fourth-order valence-electron chi connectivity index (χ4n) is 2.16. The molecule has 0 aliphatic carbocycles. The van der Waals surface area contributed by atoms with Crippen LogP contribution in [-0.2, 0) is 6.42 Å². The van der Waals surface area contributed by atoms with Crippen LogP contribution >= 0.6 is 15.9 Å². The lowest BCUT2D eigenvalue weighted by atomic mass is 10.0. The number of carboxylic acid groups (broad SMARTS) is 1. The van der Waals surface area contributed by atoms with Crippen LogP contribution in [0.15, 0.2) is 34.8 Å². The first-order valence-electron chi connectivity index (χ1n) is 5.81. The summed E-state index contributed by atoms with van der Waals surface area (Å²) in [6, 6.07) is 8.88. The average Bonchev–Trinajstić information content (AvgIpc) is 2.85. The molecule has 0 saturated heterocycles. The molecule has 1 aliphatic heterocycles. The van der Waals surface area contributed by atoms with E-state index in [1.165, 1.54) is 6.07 Å². The Morgan fingerprint density at radius 1 is 1.37 bits per heavy atom. The van der Waals surface area contributed by atoms with Crippen LogP contribution in [0, 0.1) is 0 Å². The minimum absolute atomic E-state index is 0.0317. The zero-order valence-corrected chi connectivity index (χ0v) is 11.5. The van der Waals surface area contributed by atoms with Crippen molar-refractivity contribution in [1.82, 2.24) is 4.98 Å². The first-order valence-corrected chi connectivity index (χ1v) is 6.60. The Morgan fingerprint density at radius 3 is 3.00 bits per heavy atom. The highest BCUT2D eigenvalue weighted by molar-refractivity contribution is 9.10. The standard InChI is InChI=1S/C14H10BrNO3/c15-9-6-8-4-5-19-13(8)10(7-9)11-2-1-3-12(16-11)14(17)18/h1-3,6-7H,4-5H2,(H,17,18). The van der Waals surface area contributed by atoms with E-state index >= 15 is 0 Å². The lowest BCUT2D eigenvalue weighted by Gasteiger charge is -2.09. The van der Waals surface area contributed by atoms with Crippen molar-refractivity contribution in [2.45, 2.75) is 6.42 Å². The Bertz CT molecular complexity index is 670. The van der Waals surface area contributed by atoms with Crippen LogP contribution in [0.5, 0.6) is 5.75 Å². The third-order valence-corrected chi connectivity index (χ3v) is 3.45. The van der Waals surface area contributed by atoms with Gasteiger partial charge >= 0.3 is 5.97 Å². The molecule has 2 heterocycles. The molecule has 1 aliphatic rings. The summed E-state index contributed by atoms with van der Waals surface area (Å²) >= 11 is 3.46. The highest BCUT2D eigenvalue weighted by Gasteiger charge is 2.19. The van der Waals surface area contributed by atoms with Gasteiger partial charge < -0.3 is 9.84 Å². The largest absolute Gasteiger partial charge is 0.492 e. The monoisotopic (exact) mass is 319 g/mol. The van der Waals surface area contributed by atoms with Crippen LogP contribution in [0.25, 0.3) is 11.3 Å². The molecule has 0 saturated carbocycles. The molecule has 1 aromatic heterocycles. The predicted octanol–water partition coefficient (Wildman–Crippen LogP) is 3.14. The van der Waals surface area contributed by atoms with Gasteiger partial charge in [-0.25, -0.2) is 9.78 Å². The van der Waals surface area contributed by atoms with Gasteiger partial charge in [-0.1, -0.05) is 22.0 Å². The maximum atomic E-state index is 11.0. The molecule has 96 valence electrons. The molecular formula is C14H10BrNO3. The minimum Gasteiger partial charge on any atom is -0.492 e. The number of aromatic nitrogens is 1. The van der Waals surface area contributed by atoms with E-state index in [9.17, 15) is 4.79 Å².